The van der Waals surface area contributed by atoms with E-state index >= 15 is 0 Å². The maximum Gasteiger partial charge on any atom is 1.00 e. The number of nitrogens with one attached hydrogen (secondary N) is 1. The van der Waals surface area contributed by atoms with Crippen LogP contribution in [0.2, 0.25) is 0 Å². The van der Waals surface area contributed by atoms with E-state index in [2.05, 4.69) is 15.5 Å². The number of carboxylic acids is 1. The molecule has 2 aromatic carbocycles. The van der Waals surface area contributed by atoms with Gasteiger partial charge < -0.3 is 20.1 Å². The Bertz CT molecular complexity index is 761. The van der Waals surface area contributed by atoms with Gasteiger partial charge in [0.2, 0.25) is 0 Å². The Balaban J connectivity index is 0.00000312. The number of nitrogens with zero attached hydrogens (tertiary/aromatic N) is 3. The number of azo groups is 1. The van der Waals surface area contributed by atoms with Crippen molar-refractivity contribution in [1.82, 2.24) is 5.32 Å². The topological polar surface area (TPSA) is 97.2 Å². The maximum absolute atomic E-state index is 12.0. The smallest absolute Gasteiger partial charge is 0.548 e. The van der Waals surface area contributed by atoms with E-state index in [9.17, 15) is 14.7 Å². The molecule has 0 radical (unpaired) electrons. The summed E-state index contributed by atoms with van der Waals surface area (Å²) in [6.45, 7) is -0.559. The van der Waals surface area contributed by atoms with Crippen molar-refractivity contribution < 1.29 is 44.3 Å². The fraction of sp³-hybridized carbons (Fsp3) is 0.176. The van der Waals surface area contributed by atoms with E-state index < -0.39 is 18.4 Å². The van der Waals surface area contributed by atoms with E-state index in [0.29, 0.717) is 11.4 Å². The van der Waals surface area contributed by atoms with Gasteiger partial charge in [0.1, 0.15) is 0 Å². The number of carbonyl (C=O) groups excluding carboxylic acids is 2. The van der Waals surface area contributed by atoms with Crippen LogP contribution in [0.15, 0.2) is 58.8 Å². The number of benzene rings is 2. The molecule has 2 aromatic rings. The van der Waals surface area contributed by atoms with Crippen molar-refractivity contribution in [2.24, 2.45) is 10.2 Å². The number of rotatable bonds is 6. The first-order chi connectivity index (χ1) is 11.5. The monoisotopic (exact) mass is 348 g/mol. The minimum Gasteiger partial charge on any atom is -0.548 e. The van der Waals surface area contributed by atoms with Crippen molar-refractivity contribution in [3.8, 4) is 0 Å². The Morgan fingerprint density at radius 3 is 2.28 bits per heavy atom. The summed E-state index contributed by atoms with van der Waals surface area (Å²) in [6, 6.07) is 14.0. The molecular formula is C17H17N4NaO3. The van der Waals surface area contributed by atoms with Gasteiger partial charge in [-0.2, -0.15) is 5.11 Å². The minimum atomic E-state index is -1.36. The molecule has 0 saturated heterocycles. The van der Waals surface area contributed by atoms with Crippen LogP contribution in [0.3, 0.4) is 0 Å². The van der Waals surface area contributed by atoms with Crippen LogP contribution >= 0.6 is 0 Å². The van der Waals surface area contributed by atoms with Gasteiger partial charge in [0.25, 0.3) is 5.91 Å². The second-order valence-corrected chi connectivity index (χ2v) is 5.18. The van der Waals surface area contributed by atoms with Gasteiger partial charge in [-0.25, -0.2) is 0 Å². The van der Waals surface area contributed by atoms with Gasteiger partial charge >= 0.3 is 29.6 Å². The van der Waals surface area contributed by atoms with Crippen molar-refractivity contribution in [2.45, 2.75) is 0 Å². The zero-order valence-corrected chi connectivity index (χ0v) is 16.4. The van der Waals surface area contributed by atoms with Crippen molar-refractivity contribution >= 4 is 28.9 Å². The fourth-order valence-corrected chi connectivity index (χ4v) is 1.93. The first kappa shape index (κ1) is 20.8. The molecule has 8 heteroatoms. The number of anilines is 1. The van der Waals surface area contributed by atoms with E-state index in [1.807, 2.05) is 43.3 Å². The van der Waals surface area contributed by atoms with Crippen LogP contribution in [-0.4, -0.2) is 32.5 Å². The molecular weight excluding hydrogens is 331 g/mol. The van der Waals surface area contributed by atoms with E-state index in [1.54, 1.807) is 24.3 Å². The minimum absolute atomic E-state index is 0. The fourth-order valence-electron chi connectivity index (χ4n) is 1.93. The Labute approximate surface area is 168 Å². The number of hydrogen-bond acceptors (Lipinski definition) is 6. The van der Waals surface area contributed by atoms with Gasteiger partial charge in [0.05, 0.1) is 29.5 Å². The Morgan fingerprint density at radius 1 is 1.04 bits per heavy atom. The van der Waals surface area contributed by atoms with Gasteiger partial charge in [0.15, 0.2) is 0 Å². The third-order valence-corrected chi connectivity index (χ3v) is 3.18. The molecule has 0 spiro atoms. The summed E-state index contributed by atoms with van der Waals surface area (Å²) in [7, 11) is 3.88. The largest absolute Gasteiger partial charge is 1.00 e. The first-order valence-electron chi connectivity index (χ1n) is 7.23. The second kappa shape index (κ2) is 9.93. The van der Waals surface area contributed by atoms with Gasteiger partial charge in [-0.05, 0) is 36.4 Å². The average Bonchev–Trinajstić information content (AvgIpc) is 2.58. The summed E-state index contributed by atoms with van der Waals surface area (Å²) in [4.78, 5) is 24.4. The van der Waals surface area contributed by atoms with Crippen LogP contribution in [0.25, 0.3) is 0 Å². The third-order valence-electron chi connectivity index (χ3n) is 3.18. The molecule has 0 aliphatic rings. The Hall–Kier alpha value is -2.22. The van der Waals surface area contributed by atoms with Gasteiger partial charge in [-0.15, -0.1) is 5.11 Å². The van der Waals surface area contributed by atoms with Crippen molar-refractivity contribution in [3.05, 3.63) is 54.1 Å². The zero-order valence-electron chi connectivity index (χ0n) is 14.4. The van der Waals surface area contributed by atoms with E-state index in [-0.39, 0.29) is 35.1 Å². The predicted octanol–water partition coefficient (Wildman–Crippen LogP) is -1.35. The SMILES string of the molecule is CN(C)c1ccc(N=Nc2ccccc2C(=O)NCC(=O)[O-])cc1.[Na+]. The second-order valence-electron chi connectivity index (χ2n) is 5.18. The molecule has 124 valence electrons. The van der Waals surface area contributed by atoms with Crippen LogP contribution in [0.1, 0.15) is 10.4 Å². The van der Waals surface area contributed by atoms with E-state index in [0.717, 1.165) is 5.69 Å². The normalized spacial score (nSPS) is 10.2. The molecule has 7 nitrogen and oxygen atoms in total. The van der Waals surface area contributed by atoms with Crippen LogP contribution < -0.4 is 44.9 Å². The summed E-state index contributed by atoms with van der Waals surface area (Å²) in [6.07, 6.45) is 0. The molecule has 25 heavy (non-hydrogen) atoms. The number of hydrogen-bond donors (Lipinski definition) is 1. The van der Waals surface area contributed by atoms with Crippen molar-refractivity contribution in [1.29, 1.82) is 0 Å². The first-order valence-corrected chi connectivity index (χ1v) is 7.23. The van der Waals surface area contributed by atoms with Crippen LogP contribution in [-0.2, 0) is 4.79 Å². The summed E-state index contributed by atoms with van der Waals surface area (Å²) in [5.74, 6) is -1.90. The average molecular weight is 348 g/mol. The number of aliphatic carboxylic acids is 1. The molecule has 0 saturated carbocycles. The number of carboxylic acid groups (broad SMARTS) is 1. The molecule has 0 heterocycles. The van der Waals surface area contributed by atoms with Gasteiger partial charge in [0, 0.05) is 19.8 Å². The third kappa shape index (κ3) is 6.30. The molecule has 0 aromatic heterocycles. The summed E-state index contributed by atoms with van der Waals surface area (Å²) in [5.41, 5.74) is 2.28. The van der Waals surface area contributed by atoms with Crippen LogP contribution in [0, 0.1) is 0 Å². The molecule has 0 bridgehead atoms. The standard InChI is InChI=1S/C17H18N4O3.Na/c1-21(2)13-9-7-12(8-10-13)19-20-15-6-4-3-5-14(15)17(24)18-11-16(22)23;/h3-10H,11H2,1-2H3,(H,18,24)(H,22,23);/q;+1/p-1. The van der Waals surface area contributed by atoms with Gasteiger partial charge in [-0.1, -0.05) is 12.1 Å². The maximum atomic E-state index is 12.0. The molecule has 1 amide bonds. The number of carbonyl (C=O) groups is 2. The predicted molar refractivity (Wildman–Crippen MR) is 88.7 cm³/mol. The molecule has 0 atom stereocenters. The Kier molecular flexibility index (Phi) is 8.27. The number of amides is 1. The molecule has 2 rings (SSSR count). The zero-order chi connectivity index (χ0) is 17.5. The van der Waals surface area contributed by atoms with Crippen molar-refractivity contribution in [3.63, 3.8) is 0 Å². The summed E-state index contributed by atoms with van der Waals surface area (Å²) < 4.78 is 0. The van der Waals surface area contributed by atoms with Crippen LogP contribution in [0.4, 0.5) is 17.1 Å². The molecule has 0 unspecified atom stereocenters. The van der Waals surface area contributed by atoms with Gasteiger partial charge in [-0.3, -0.25) is 4.79 Å². The quantitative estimate of drug-likeness (QED) is 0.516. The van der Waals surface area contributed by atoms with E-state index in [1.165, 1.54) is 0 Å². The van der Waals surface area contributed by atoms with E-state index in [4.69, 9.17) is 0 Å². The molecule has 0 aliphatic carbocycles. The summed E-state index contributed by atoms with van der Waals surface area (Å²) in [5, 5.41) is 20.9. The van der Waals surface area contributed by atoms with Crippen LogP contribution in [0.5, 0.6) is 0 Å². The molecule has 1 N–H and O–H groups in total. The molecule has 0 fully saturated rings. The van der Waals surface area contributed by atoms with Crippen molar-refractivity contribution in [2.75, 3.05) is 25.5 Å². The molecule has 0 aliphatic heterocycles. The summed E-state index contributed by atoms with van der Waals surface area (Å²) >= 11 is 0. The Morgan fingerprint density at radius 2 is 1.68 bits per heavy atom.